The minimum absolute atomic E-state index is 0.0180. The molecule has 0 aliphatic heterocycles. The summed E-state index contributed by atoms with van der Waals surface area (Å²) < 4.78 is 66.9. The molecule has 12 nitrogen and oxygen atoms in total. The second-order valence-electron chi connectivity index (χ2n) is 8.65. The smallest absolute Gasteiger partial charge is 0.451 e. The number of amides is 2. The number of hydrazine groups is 1. The molecule has 0 saturated carbocycles. The number of nitrogens with zero attached hydrogens (tertiary/aromatic N) is 4. The van der Waals surface area contributed by atoms with Crippen molar-refractivity contribution in [2.24, 2.45) is 0 Å². The monoisotopic (exact) mass is 613 g/mol. The quantitative estimate of drug-likeness (QED) is 0.139. The maximum absolute atomic E-state index is 13.1. The van der Waals surface area contributed by atoms with Gasteiger partial charge < -0.3 is 10.1 Å². The molecule has 3 N–H and O–H groups in total. The van der Waals surface area contributed by atoms with Crippen molar-refractivity contribution in [3.05, 3.63) is 84.3 Å². The number of halogens is 3. The van der Waals surface area contributed by atoms with Crippen molar-refractivity contribution < 1.29 is 35.9 Å². The summed E-state index contributed by atoms with van der Waals surface area (Å²) in [5, 5.41) is 3.03. The normalized spacial score (nSPS) is 11.3. The molecule has 5 aromatic rings. The minimum Gasteiger partial charge on any atom is -0.497 e. The van der Waals surface area contributed by atoms with Crippen LogP contribution < -0.4 is 20.9 Å². The van der Waals surface area contributed by atoms with E-state index in [4.69, 9.17) is 4.74 Å². The lowest BCUT2D eigenvalue weighted by Gasteiger charge is -2.14. The van der Waals surface area contributed by atoms with Gasteiger partial charge in [-0.05, 0) is 30.3 Å². The van der Waals surface area contributed by atoms with Crippen LogP contribution in [0.3, 0.4) is 0 Å². The van der Waals surface area contributed by atoms with Crippen molar-refractivity contribution >= 4 is 55.5 Å². The fourth-order valence-corrected chi connectivity index (χ4v) is 4.12. The second kappa shape index (κ2) is 12.6. The summed E-state index contributed by atoms with van der Waals surface area (Å²) >= 11 is 0. The van der Waals surface area contributed by atoms with E-state index in [2.05, 4.69) is 36.1 Å². The molecule has 0 saturated heterocycles. The maximum atomic E-state index is 13.1. The molecule has 0 aliphatic carbocycles. The summed E-state index contributed by atoms with van der Waals surface area (Å²) in [7, 11) is -2.12. The van der Waals surface area contributed by atoms with Gasteiger partial charge in [0, 0.05) is 28.8 Å². The lowest BCUT2D eigenvalue weighted by atomic mass is 10.2. The molecule has 2 amide bonds. The Bertz CT molecular complexity index is 1910. The van der Waals surface area contributed by atoms with Crippen LogP contribution in [0.4, 0.5) is 29.5 Å². The first kappa shape index (κ1) is 30.6. The number of carbonyl (C=O) groups is 2. The van der Waals surface area contributed by atoms with Crippen LogP contribution in [0, 0.1) is 0 Å². The number of carbonyl (C=O) groups excluding carboxylic acids is 2. The van der Waals surface area contributed by atoms with Crippen molar-refractivity contribution in [1.29, 1.82) is 0 Å². The first-order valence-electron chi connectivity index (χ1n) is 12.1. The third-order valence-electron chi connectivity index (χ3n) is 5.54. The number of rotatable bonds is 6. The van der Waals surface area contributed by atoms with Gasteiger partial charge in [-0.15, -0.1) is 0 Å². The number of methoxy groups -OCH3 is 1. The van der Waals surface area contributed by atoms with Crippen LogP contribution in [0.1, 0.15) is 16.3 Å². The van der Waals surface area contributed by atoms with E-state index in [1.807, 2.05) is 0 Å². The van der Waals surface area contributed by atoms with Gasteiger partial charge in [0.15, 0.2) is 12.1 Å². The number of anilines is 2. The first-order valence-corrected chi connectivity index (χ1v) is 14.0. The number of alkyl halides is 3. The second-order valence-corrected chi connectivity index (χ2v) is 10.6. The van der Waals surface area contributed by atoms with Gasteiger partial charge in [-0.1, -0.05) is 36.4 Å². The zero-order valence-corrected chi connectivity index (χ0v) is 23.2. The molecule has 0 aliphatic rings. The third kappa shape index (κ3) is 7.68. The SMILES string of the molecule is COc1ccc2c(NNC(=O)Nc3ccccc3)nc(C(F)(F)F)nc2c1.CS(=O)(=O)c1nc(C=O)c2ccccc2n1. The van der Waals surface area contributed by atoms with E-state index in [9.17, 15) is 31.2 Å². The third-order valence-corrected chi connectivity index (χ3v) is 6.39. The maximum Gasteiger partial charge on any atom is 0.451 e. The predicted molar refractivity (Wildman–Crippen MR) is 151 cm³/mol. The topological polar surface area (TPSA) is 165 Å². The van der Waals surface area contributed by atoms with Crippen LogP contribution in [-0.2, 0) is 16.0 Å². The van der Waals surface area contributed by atoms with Gasteiger partial charge in [-0.3, -0.25) is 15.6 Å². The molecule has 0 radical (unpaired) electrons. The molecule has 43 heavy (non-hydrogen) atoms. The number of hydrogen-bond donors (Lipinski definition) is 3. The number of aldehydes is 1. The fraction of sp³-hybridized carbons (Fsp3) is 0.111. The minimum atomic E-state index is -4.75. The van der Waals surface area contributed by atoms with Crippen molar-refractivity contribution in [2.45, 2.75) is 11.3 Å². The molecule has 2 aromatic heterocycles. The Morgan fingerprint density at radius 2 is 1.58 bits per heavy atom. The Morgan fingerprint density at radius 1 is 0.884 bits per heavy atom. The van der Waals surface area contributed by atoms with Crippen molar-refractivity contribution in [1.82, 2.24) is 25.4 Å². The highest BCUT2D eigenvalue weighted by atomic mass is 32.2. The zero-order chi connectivity index (χ0) is 31.2. The van der Waals surface area contributed by atoms with Gasteiger partial charge in [0.05, 0.1) is 18.1 Å². The summed E-state index contributed by atoms with van der Waals surface area (Å²) in [5.74, 6) is -1.19. The Hall–Kier alpha value is -5.38. The average molecular weight is 614 g/mol. The summed E-state index contributed by atoms with van der Waals surface area (Å²) in [6.45, 7) is 0. The van der Waals surface area contributed by atoms with Gasteiger partial charge in [0.2, 0.25) is 20.8 Å². The zero-order valence-electron chi connectivity index (χ0n) is 22.4. The van der Waals surface area contributed by atoms with Gasteiger partial charge >= 0.3 is 12.2 Å². The van der Waals surface area contributed by atoms with E-state index < -0.39 is 27.9 Å². The number of hydrogen-bond acceptors (Lipinski definition) is 10. The molecular formula is C27H22F3N7O5S. The van der Waals surface area contributed by atoms with Gasteiger partial charge in [-0.2, -0.15) is 13.2 Å². The van der Waals surface area contributed by atoms with E-state index in [0.717, 1.165) is 6.26 Å². The predicted octanol–water partition coefficient (Wildman–Crippen LogP) is 4.65. The van der Waals surface area contributed by atoms with E-state index in [1.165, 1.54) is 19.2 Å². The molecule has 16 heteroatoms. The van der Waals surface area contributed by atoms with Crippen LogP contribution in [0.25, 0.3) is 21.8 Å². The highest BCUT2D eigenvalue weighted by molar-refractivity contribution is 7.90. The van der Waals surface area contributed by atoms with E-state index in [0.29, 0.717) is 28.6 Å². The van der Waals surface area contributed by atoms with E-state index in [-0.39, 0.29) is 27.6 Å². The summed E-state index contributed by atoms with van der Waals surface area (Å²) in [5.41, 5.74) is 5.73. The van der Waals surface area contributed by atoms with Gasteiger partial charge in [0.25, 0.3) is 0 Å². The molecule has 0 bridgehead atoms. The Balaban J connectivity index is 0.000000225. The van der Waals surface area contributed by atoms with Crippen molar-refractivity contribution in [2.75, 3.05) is 24.1 Å². The number of para-hydroxylation sites is 2. The average Bonchev–Trinajstić information content (AvgIpc) is 2.98. The largest absolute Gasteiger partial charge is 0.497 e. The van der Waals surface area contributed by atoms with Crippen molar-refractivity contribution in [3.8, 4) is 5.75 Å². The molecule has 3 aromatic carbocycles. The first-order chi connectivity index (χ1) is 20.4. The summed E-state index contributed by atoms with van der Waals surface area (Å²) in [6, 6.07) is 19.0. The molecule has 2 heterocycles. The number of fused-ring (bicyclic) bond motifs is 2. The van der Waals surface area contributed by atoms with Gasteiger partial charge in [0.1, 0.15) is 11.4 Å². The number of aromatic nitrogens is 4. The fourth-order valence-electron chi connectivity index (χ4n) is 3.59. The number of sulfone groups is 1. The number of benzene rings is 3. The van der Waals surface area contributed by atoms with Crippen LogP contribution in [0.15, 0.2) is 78.0 Å². The Morgan fingerprint density at radius 3 is 2.23 bits per heavy atom. The number of urea groups is 1. The van der Waals surface area contributed by atoms with Crippen LogP contribution in [-0.4, -0.2) is 54.0 Å². The standard InChI is InChI=1S/C17H14F3N5O2.C10H8N2O3S/c1-27-11-7-8-12-13(9-11)22-15(17(18,19)20)23-14(12)24-25-16(26)21-10-5-3-2-4-6-10;1-16(14,15)10-11-8-5-3-2-4-7(8)9(6-13)12-10/h2-9H,1H3,(H2,21,25,26)(H,22,23,24);2-6H,1H3. The number of nitrogens with one attached hydrogen (secondary N) is 3. The molecule has 0 spiro atoms. The molecule has 0 unspecified atom stereocenters. The molecule has 222 valence electrons. The molecule has 5 rings (SSSR count). The summed E-state index contributed by atoms with van der Waals surface area (Å²) in [6.07, 6.45) is -3.22. The lowest BCUT2D eigenvalue weighted by Crippen LogP contribution is -2.34. The number of ether oxygens (including phenoxy) is 1. The van der Waals surface area contributed by atoms with Crippen molar-refractivity contribution in [3.63, 3.8) is 0 Å². The van der Waals surface area contributed by atoms with Gasteiger partial charge in [-0.25, -0.2) is 33.1 Å². The van der Waals surface area contributed by atoms with Crippen LogP contribution in [0.2, 0.25) is 0 Å². The van der Waals surface area contributed by atoms with E-state index >= 15 is 0 Å². The van der Waals surface area contributed by atoms with Crippen LogP contribution in [0.5, 0.6) is 5.75 Å². The molecule has 0 atom stereocenters. The lowest BCUT2D eigenvalue weighted by molar-refractivity contribution is -0.144. The summed E-state index contributed by atoms with van der Waals surface area (Å²) in [4.78, 5) is 37.4. The van der Waals surface area contributed by atoms with Crippen LogP contribution >= 0.6 is 0 Å². The Labute approximate surface area is 242 Å². The highest BCUT2D eigenvalue weighted by Crippen LogP contribution is 2.31. The molecule has 0 fully saturated rings. The van der Waals surface area contributed by atoms with E-state index in [1.54, 1.807) is 60.7 Å². The molecular weight excluding hydrogens is 591 g/mol. The highest BCUT2D eigenvalue weighted by Gasteiger charge is 2.35. The Kier molecular flexibility index (Phi) is 8.99.